The molecule has 5 atom stereocenters. The Labute approximate surface area is 281 Å². The van der Waals surface area contributed by atoms with Gasteiger partial charge in [0.1, 0.15) is 22.7 Å². The van der Waals surface area contributed by atoms with E-state index in [9.17, 15) is 26.4 Å². The van der Waals surface area contributed by atoms with Crippen molar-refractivity contribution in [3.8, 4) is 17.0 Å². The van der Waals surface area contributed by atoms with Gasteiger partial charge in [0.25, 0.3) is 16.0 Å². The van der Waals surface area contributed by atoms with Gasteiger partial charge in [-0.2, -0.15) is 8.42 Å². The second kappa shape index (κ2) is 11.9. The highest BCUT2D eigenvalue weighted by molar-refractivity contribution is 7.85. The number of ether oxygens (including phenoxy) is 2. The summed E-state index contributed by atoms with van der Waals surface area (Å²) in [7, 11) is -4.26. The molecule has 2 saturated carbocycles. The standard InChI is InChI=1S/C32H30F4N4O7S2/c33-21-11-16(30(41)37-9-10-49(42,43)44)12-24-27(21)38-31(48-24)40-17-7-8-22(40)25-19(13-17)29(25)45-14-20-26(39-47-28(20)15-5-6-15)18-3-1-2-4-23(18)46-32(34,35)36/h1-4,11-12,15,17,19,22,25,29H,5-10,13-14H2,(H,37,41)(H,42,43,44)/t17?,19?,22?,25?,29-/m0/s1. The lowest BCUT2D eigenvalue weighted by Gasteiger charge is -2.33. The van der Waals surface area contributed by atoms with Crippen molar-refractivity contribution < 1.29 is 49.3 Å². The fourth-order valence-electron chi connectivity index (χ4n) is 7.54. The fraction of sp³-hybridized carbons (Fsp3) is 0.469. The number of nitrogens with zero attached hydrogens (tertiary/aromatic N) is 3. The molecule has 0 radical (unpaired) electrons. The molecule has 2 aromatic heterocycles. The average Bonchev–Trinajstić information content (AvgIpc) is 3.85. The van der Waals surface area contributed by atoms with Gasteiger partial charge >= 0.3 is 6.36 Å². The van der Waals surface area contributed by atoms with Crippen LogP contribution >= 0.6 is 11.3 Å². The Hall–Kier alpha value is -3.80. The topological polar surface area (TPSA) is 144 Å². The number of aromatic nitrogens is 2. The molecule has 8 rings (SSSR count). The summed E-state index contributed by atoms with van der Waals surface area (Å²) in [6.45, 7) is -0.199. The minimum Gasteiger partial charge on any atom is -0.405 e. The first kappa shape index (κ1) is 32.4. The molecule has 0 spiro atoms. The van der Waals surface area contributed by atoms with Crippen LogP contribution in [0.5, 0.6) is 5.75 Å². The van der Waals surface area contributed by atoms with E-state index < -0.39 is 34.0 Å². The van der Waals surface area contributed by atoms with E-state index in [1.807, 2.05) is 0 Å². The van der Waals surface area contributed by atoms with E-state index in [1.165, 1.54) is 35.6 Å². The van der Waals surface area contributed by atoms with Gasteiger partial charge in [-0.05, 0) is 62.3 Å². The van der Waals surface area contributed by atoms with Gasteiger partial charge in [-0.15, -0.1) is 13.2 Å². The third kappa shape index (κ3) is 6.37. The highest BCUT2D eigenvalue weighted by atomic mass is 32.2. The maximum atomic E-state index is 15.2. The monoisotopic (exact) mass is 722 g/mol. The van der Waals surface area contributed by atoms with Crippen molar-refractivity contribution in [3.05, 3.63) is 59.1 Å². The molecule has 4 aliphatic rings. The van der Waals surface area contributed by atoms with Crippen molar-refractivity contribution in [2.24, 2.45) is 11.8 Å². The number of carbonyl (C=O) groups excluding carboxylic acids is 1. The van der Waals surface area contributed by atoms with Gasteiger partial charge < -0.3 is 24.2 Å². The Bertz CT molecular complexity index is 2050. The molecule has 4 aromatic rings. The number of halogens is 4. The van der Waals surface area contributed by atoms with Crippen LogP contribution in [0.15, 0.2) is 40.9 Å². The van der Waals surface area contributed by atoms with Crippen LogP contribution < -0.4 is 15.0 Å². The predicted octanol–water partition coefficient (Wildman–Crippen LogP) is 6.06. The molecule has 1 amide bonds. The number of rotatable bonds is 11. The van der Waals surface area contributed by atoms with Gasteiger partial charge in [0.2, 0.25) is 0 Å². The Balaban J connectivity index is 0.993. The molecule has 2 aromatic carbocycles. The van der Waals surface area contributed by atoms with E-state index in [0.29, 0.717) is 27.1 Å². The number of amides is 1. The van der Waals surface area contributed by atoms with Gasteiger partial charge in [-0.25, -0.2) is 9.37 Å². The summed E-state index contributed by atoms with van der Waals surface area (Å²) in [5, 5.41) is 7.20. The third-order valence-electron chi connectivity index (χ3n) is 9.81. The zero-order valence-electron chi connectivity index (χ0n) is 25.7. The SMILES string of the molecule is O=C(NCCS(=O)(=O)O)c1cc(F)c2nc(N3C4CCC3C3C(C4)[C@@H]3OCc3c(-c4ccccc4OC(F)(F)F)noc3C3CC3)sc2c1. The Kier molecular flexibility index (Phi) is 7.88. The Morgan fingerprint density at radius 2 is 1.96 bits per heavy atom. The quantitative estimate of drug-likeness (QED) is 0.139. The molecule has 2 bridgehead atoms. The lowest BCUT2D eigenvalue weighted by Crippen LogP contribution is -2.41. The highest BCUT2D eigenvalue weighted by Crippen LogP contribution is 2.59. The maximum Gasteiger partial charge on any atom is 0.573 e. The number of carbonyl (C=O) groups is 1. The average molecular weight is 723 g/mol. The normalized spacial score (nSPS) is 24.7. The number of para-hydroxylation sites is 1. The summed E-state index contributed by atoms with van der Waals surface area (Å²) >= 11 is 1.28. The second-order valence-electron chi connectivity index (χ2n) is 13.0. The summed E-state index contributed by atoms with van der Waals surface area (Å²) in [5.41, 5.74) is 1.23. The van der Waals surface area contributed by atoms with Crippen LogP contribution in [0.2, 0.25) is 0 Å². The van der Waals surface area contributed by atoms with E-state index >= 15 is 4.39 Å². The summed E-state index contributed by atoms with van der Waals surface area (Å²) < 4.78 is 103. The smallest absolute Gasteiger partial charge is 0.405 e. The van der Waals surface area contributed by atoms with Crippen molar-refractivity contribution in [2.75, 3.05) is 17.2 Å². The summed E-state index contributed by atoms with van der Waals surface area (Å²) in [6.07, 6.45) is -0.457. The molecule has 4 unspecified atom stereocenters. The van der Waals surface area contributed by atoms with Gasteiger partial charge in [0, 0.05) is 47.2 Å². The molecule has 4 fully saturated rings. The van der Waals surface area contributed by atoms with Crippen molar-refractivity contribution in [1.82, 2.24) is 15.5 Å². The molecule has 2 aliphatic heterocycles. The van der Waals surface area contributed by atoms with Crippen LogP contribution in [-0.2, 0) is 21.5 Å². The molecule has 2 saturated heterocycles. The first-order valence-electron chi connectivity index (χ1n) is 15.9. The second-order valence-corrected chi connectivity index (χ2v) is 15.6. The number of thiazole rings is 1. The number of hydrogen-bond acceptors (Lipinski definition) is 10. The van der Waals surface area contributed by atoms with Crippen molar-refractivity contribution in [3.63, 3.8) is 0 Å². The Morgan fingerprint density at radius 1 is 1.16 bits per heavy atom. The van der Waals surface area contributed by atoms with Crippen LogP contribution in [-0.4, -0.2) is 65.9 Å². The van der Waals surface area contributed by atoms with Crippen LogP contribution in [0, 0.1) is 17.7 Å². The molecule has 17 heteroatoms. The number of piperidine rings is 1. The summed E-state index contributed by atoms with van der Waals surface area (Å²) in [4.78, 5) is 19.4. The van der Waals surface area contributed by atoms with Crippen molar-refractivity contribution in [1.29, 1.82) is 0 Å². The molecule has 49 heavy (non-hydrogen) atoms. The van der Waals surface area contributed by atoms with E-state index in [-0.39, 0.29) is 71.3 Å². The number of alkyl halides is 3. The molecule has 4 heterocycles. The first-order valence-corrected chi connectivity index (χ1v) is 18.3. The molecular formula is C32H30F4N4O7S2. The molecule has 2 aliphatic carbocycles. The van der Waals surface area contributed by atoms with Crippen LogP contribution in [0.1, 0.15) is 59.7 Å². The molecule has 2 N–H and O–H groups in total. The van der Waals surface area contributed by atoms with Gasteiger partial charge in [0.15, 0.2) is 10.9 Å². The van der Waals surface area contributed by atoms with E-state index in [0.717, 1.165) is 38.2 Å². The molecule has 11 nitrogen and oxygen atoms in total. The first-order chi connectivity index (χ1) is 23.3. The van der Waals surface area contributed by atoms with Crippen LogP contribution in [0.3, 0.4) is 0 Å². The minimum absolute atomic E-state index is 0.0131. The van der Waals surface area contributed by atoms with Crippen LogP contribution in [0.25, 0.3) is 21.5 Å². The lowest BCUT2D eigenvalue weighted by molar-refractivity contribution is -0.274. The number of anilines is 1. The van der Waals surface area contributed by atoms with Crippen LogP contribution in [0.4, 0.5) is 22.7 Å². The van der Waals surface area contributed by atoms with E-state index in [4.69, 9.17) is 13.8 Å². The number of fused-ring (bicyclic) bond motifs is 5. The highest BCUT2D eigenvalue weighted by Gasteiger charge is 2.63. The molecule has 260 valence electrons. The van der Waals surface area contributed by atoms with Gasteiger partial charge in [-0.3, -0.25) is 9.35 Å². The predicted molar refractivity (Wildman–Crippen MR) is 168 cm³/mol. The maximum absolute atomic E-state index is 15.2. The van der Waals surface area contributed by atoms with Crippen molar-refractivity contribution >= 4 is 42.7 Å². The minimum atomic E-state index is -4.87. The fourth-order valence-corrected chi connectivity index (χ4v) is 9.05. The zero-order valence-corrected chi connectivity index (χ0v) is 27.3. The summed E-state index contributed by atoms with van der Waals surface area (Å²) in [6, 6.07) is 8.70. The number of benzene rings is 2. The van der Waals surface area contributed by atoms with E-state index in [2.05, 4.69) is 25.1 Å². The lowest BCUT2D eigenvalue weighted by atomic mass is 10.0. The third-order valence-corrected chi connectivity index (χ3v) is 11.5. The van der Waals surface area contributed by atoms with E-state index in [1.54, 1.807) is 6.07 Å². The summed E-state index contributed by atoms with van der Waals surface area (Å²) in [5.74, 6) is -1.11. The largest absolute Gasteiger partial charge is 0.573 e. The van der Waals surface area contributed by atoms with Crippen molar-refractivity contribution in [2.45, 2.75) is 69.2 Å². The number of hydrogen-bond donors (Lipinski definition) is 2. The zero-order chi connectivity index (χ0) is 34.2. The molecular weight excluding hydrogens is 692 g/mol. The van der Waals surface area contributed by atoms with Gasteiger partial charge in [-0.1, -0.05) is 28.6 Å². The Morgan fingerprint density at radius 3 is 2.71 bits per heavy atom. The van der Waals surface area contributed by atoms with Gasteiger partial charge in [0.05, 0.1) is 23.2 Å². The number of nitrogens with one attached hydrogen (secondary N) is 1.